The molecular formula is C14H21NO3. The van der Waals surface area contributed by atoms with Gasteiger partial charge in [0.05, 0.1) is 6.10 Å². The number of amides is 1. The van der Waals surface area contributed by atoms with Gasteiger partial charge >= 0.3 is 0 Å². The van der Waals surface area contributed by atoms with Crippen LogP contribution in [-0.2, 0) is 4.79 Å². The summed E-state index contributed by atoms with van der Waals surface area (Å²) in [6.45, 7) is 6.45. The van der Waals surface area contributed by atoms with E-state index in [0.29, 0.717) is 18.2 Å². The molecule has 1 atom stereocenters. The number of carbonyl (C=O) groups excluding carboxylic acids is 1. The van der Waals surface area contributed by atoms with Gasteiger partial charge in [-0.1, -0.05) is 26.0 Å². The molecule has 0 saturated heterocycles. The van der Waals surface area contributed by atoms with Crippen molar-refractivity contribution < 1.29 is 14.6 Å². The van der Waals surface area contributed by atoms with Crippen LogP contribution in [0.1, 0.15) is 32.4 Å². The highest BCUT2D eigenvalue weighted by atomic mass is 16.5. The molecule has 0 radical (unpaired) electrons. The minimum Gasteiger partial charge on any atom is -0.484 e. The van der Waals surface area contributed by atoms with Gasteiger partial charge in [-0.3, -0.25) is 4.79 Å². The standard InChI is InChI=1S/C14H21NO3/c1-10(2)8-15-14(17)9-18-13-6-4-12(5-7-13)11(3)16/h4-7,10-11,16H,8-9H2,1-3H3,(H,15,17). The van der Waals surface area contributed by atoms with E-state index in [9.17, 15) is 9.90 Å². The fourth-order valence-electron chi connectivity index (χ4n) is 1.36. The van der Waals surface area contributed by atoms with Crippen molar-refractivity contribution in [1.29, 1.82) is 0 Å². The topological polar surface area (TPSA) is 58.6 Å². The maximum absolute atomic E-state index is 11.4. The molecule has 4 heteroatoms. The van der Waals surface area contributed by atoms with E-state index >= 15 is 0 Å². The summed E-state index contributed by atoms with van der Waals surface area (Å²) < 4.78 is 5.34. The Morgan fingerprint density at radius 3 is 2.39 bits per heavy atom. The van der Waals surface area contributed by atoms with Gasteiger partial charge in [0, 0.05) is 6.54 Å². The number of ether oxygens (including phenoxy) is 1. The van der Waals surface area contributed by atoms with Crippen LogP contribution in [0.5, 0.6) is 5.75 Å². The molecule has 0 aliphatic rings. The largest absolute Gasteiger partial charge is 0.484 e. The smallest absolute Gasteiger partial charge is 0.257 e. The molecule has 2 N–H and O–H groups in total. The van der Waals surface area contributed by atoms with Crippen molar-refractivity contribution in [1.82, 2.24) is 5.32 Å². The molecule has 1 amide bonds. The van der Waals surface area contributed by atoms with E-state index in [1.165, 1.54) is 0 Å². The molecule has 18 heavy (non-hydrogen) atoms. The molecule has 0 fully saturated rings. The van der Waals surface area contributed by atoms with Gasteiger partial charge in [0.1, 0.15) is 5.75 Å². The third-order valence-corrected chi connectivity index (χ3v) is 2.44. The molecular weight excluding hydrogens is 230 g/mol. The van der Waals surface area contributed by atoms with Crippen molar-refractivity contribution in [3.8, 4) is 5.75 Å². The second kappa shape index (κ2) is 7.01. The Kier molecular flexibility index (Phi) is 5.65. The lowest BCUT2D eigenvalue weighted by atomic mass is 10.1. The van der Waals surface area contributed by atoms with Crippen molar-refractivity contribution in [2.45, 2.75) is 26.9 Å². The van der Waals surface area contributed by atoms with Crippen molar-refractivity contribution in [2.75, 3.05) is 13.2 Å². The minimum atomic E-state index is -0.492. The van der Waals surface area contributed by atoms with Crippen LogP contribution in [-0.4, -0.2) is 24.2 Å². The molecule has 1 aromatic carbocycles. The predicted molar refractivity (Wildman–Crippen MR) is 70.4 cm³/mol. The van der Waals surface area contributed by atoms with Crippen LogP contribution < -0.4 is 10.1 Å². The summed E-state index contributed by atoms with van der Waals surface area (Å²) in [4.78, 5) is 11.4. The Morgan fingerprint density at radius 2 is 1.89 bits per heavy atom. The highest BCUT2D eigenvalue weighted by Gasteiger charge is 2.04. The summed E-state index contributed by atoms with van der Waals surface area (Å²) >= 11 is 0. The van der Waals surface area contributed by atoms with Crippen LogP contribution in [0.3, 0.4) is 0 Å². The number of hydrogen-bond donors (Lipinski definition) is 2. The lowest BCUT2D eigenvalue weighted by molar-refractivity contribution is -0.123. The highest BCUT2D eigenvalue weighted by Crippen LogP contribution is 2.16. The molecule has 0 bridgehead atoms. The number of aliphatic hydroxyl groups excluding tert-OH is 1. The molecule has 0 aromatic heterocycles. The number of hydrogen-bond acceptors (Lipinski definition) is 3. The first kappa shape index (κ1) is 14.5. The third kappa shape index (κ3) is 5.19. The second-order valence-electron chi connectivity index (χ2n) is 4.73. The van der Waals surface area contributed by atoms with Gasteiger partial charge in [-0.15, -0.1) is 0 Å². The second-order valence-corrected chi connectivity index (χ2v) is 4.73. The van der Waals surface area contributed by atoms with Crippen molar-refractivity contribution >= 4 is 5.91 Å². The fourth-order valence-corrected chi connectivity index (χ4v) is 1.36. The molecule has 1 rings (SSSR count). The molecule has 0 aliphatic carbocycles. The quantitative estimate of drug-likeness (QED) is 0.811. The van der Waals surface area contributed by atoms with E-state index in [-0.39, 0.29) is 12.5 Å². The normalized spacial score (nSPS) is 12.3. The number of rotatable bonds is 6. The molecule has 0 aliphatic heterocycles. The van der Waals surface area contributed by atoms with Gasteiger partial charge in [-0.25, -0.2) is 0 Å². The highest BCUT2D eigenvalue weighted by molar-refractivity contribution is 5.77. The first-order valence-electron chi connectivity index (χ1n) is 6.16. The van der Waals surface area contributed by atoms with Gasteiger partial charge in [-0.05, 0) is 30.5 Å². The predicted octanol–water partition coefficient (Wildman–Crippen LogP) is 1.89. The maximum Gasteiger partial charge on any atom is 0.257 e. The first-order chi connectivity index (χ1) is 8.49. The monoisotopic (exact) mass is 251 g/mol. The van der Waals surface area contributed by atoms with Gasteiger partial charge in [0.15, 0.2) is 6.61 Å². The Labute approximate surface area is 108 Å². The van der Waals surface area contributed by atoms with E-state index in [1.807, 2.05) is 13.8 Å². The average molecular weight is 251 g/mol. The summed E-state index contributed by atoms with van der Waals surface area (Å²) in [6, 6.07) is 7.06. The summed E-state index contributed by atoms with van der Waals surface area (Å²) in [6.07, 6.45) is -0.492. The third-order valence-electron chi connectivity index (χ3n) is 2.44. The summed E-state index contributed by atoms with van der Waals surface area (Å²) in [5, 5.41) is 12.1. The van der Waals surface area contributed by atoms with Gasteiger partial charge in [0.2, 0.25) is 0 Å². The van der Waals surface area contributed by atoms with Crippen molar-refractivity contribution in [3.05, 3.63) is 29.8 Å². The SMILES string of the molecule is CC(C)CNC(=O)COc1ccc(C(C)O)cc1. The molecule has 0 spiro atoms. The number of nitrogens with one attached hydrogen (secondary N) is 1. The maximum atomic E-state index is 11.4. The lowest BCUT2D eigenvalue weighted by Crippen LogP contribution is -2.31. The zero-order valence-electron chi connectivity index (χ0n) is 11.1. The number of carbonyl (C=O) groups is 1. The van der Waals surface area contributed by atoms with Crippen LogP contribution in [0.15, 0.2) is 24.3 Å². The lowest BCUT2D eigenvalue weighted by Gasteiger charge is -2.10. The van der Waals surface area contributed by atoms with Gasteiger partial charge < -0.3 is 15.2 Å². The van der Waals surface area contributed by atoms with Gasteiger partial charge in [-0.2, -0.15) is 0 Å². The fraction of sp³-hybridized carbons (Fsp3) is 0.500. The van der Waals surface area contributed by atoms with E-state index in [2.05, 4.69) is 5.32 Å². The van der Waals surface area contributed by atoms with Crippen LogP contribution in [0, 0.1) is 5.92 Å². The molecule has 1 unspecified atom stereocenters. The Bertz CT molecular complexity index is 371. The van der Waals surface area contributed by atoms with Crippen LogP contribution >= 0.6 is 0 Å². The summed E-state index contributed by atoms with van der Waals surface area (Å²) in [5.41, 5.74) is 0.826. The van der Waals surface area contributed by atoms with Crippen LogP contribution in [0.25, 0.3) is 0 Å². The van der Waals surface area contributed by atoms with Crippen LogP contribution in [0.4, 0.5) is 0 Å². The van der Waals surface area contributed by atoms with Crippen LogP contribution in [0.2, 0.25) is 0 Å². The zero-order valence-corrected chi connectivity index (χ0v) is 11.1. The Balaban J connectivity index is 2.37. The van der Waals surface area contributed by atoms with E-state index in [1.54, 1.807) is 31.2 Å². The van der Waals surface area contributed by atoms with Crippen molar-refractivity contribution in [3.63, 3.8) is 0 Å². The summed E-state index contributed by atoms with van der Waals surface area (Å²) in [5.74, 6) is 0.932. The summed E-state index contributed by atoms with van der Waals surface area (Å²) in [7, 11) is 0. The molecule has 0 saturated carbocycles. The minimum absolute atomic E-state index is 0.0146. The van der Waals surface area contributed by atoms with E-state index in [0.717, 1.165) is 5.56 Å². The zero-order chi connectivity index (χ0) is 13.5. The average Bonchev–Trinajstić information content (AvgIpc) is 2.34. The van der Waals surface area contributed by atoms with Crippen molar-refractivity contribution in [2.24, 2.45) is 5.92 Å². The first-order valence-corrected chi connectivity index (χ1v) is 6.16. The number of aliphatic hydroxyl groups is 1. The Hall–Kier alpha value is -1.55. The molecule has 4 nitrogen and oxygen atoms in total. The molecule has 1 aromatic rings. The van der Waals surface area contributed by atoms with E-state index < -0.39 is 6.10 Å². The molecule has 100 valence electrons. The number of benzene rings is 1. The molecule has 0 heterocycles. The Morgan fingerprint density at radius 1 is 1.28 bits per heavy atom. The van der Waals surface area contributed by atoms with Gasteiger partial charge in [0.25, 0.3) is 5.91 Å². The van der Waals surface area contributed by atoms with E-state index in [4.69, 9.17) is 4.74 Å².